The highest BCUT2D eigenvalue weighted by atomic mass is 32.1. The van der Waals surface area contributed by atoms with E-state index < -0.39 is 0 Å². The summed E-state index contributed by atoms with van der Waals surface area (Å²) in [6.45, 7) is 9.50. The van der Waals surface area contributed by atoms with E-state index >= 15 is 0 Å². The van der Waals surface area contributed by atoms with E-state index in [9.17, 15) is 4.79 Å². The molecule has 1 N–H and O–H groups in total. The first-order valence-electron chi connectivity index (χ1n) is 7.87. The number of carbonyl (C=O) groups is 1. The van der Waals surface area contributed by atoms with Crippen LogP contribution in [0.4, 0.5) is 11.1 Å². The van der Waals surface area contributed by atoms with Crippen molar-refractivity contribution in [1.82, 2.24) is 19.9 Å². The number of anilines is 2. The van der Waals surface area contributed by atoms with Gasteiger partial charge >= 0.3 is 0 Å². The Hall–Kier alpha value is -2.02. The lowest BCUT2D eigenvalue weighted by Gasteiger charge is -2.20. The molecule has 2 aromatic heterocycles. The molecule has 2 aromatic rings. The van der Waals surface area contributed by atoms with Gasteiger partial charge in [-0.1, -0.05) is 13.8 Å². The highest BCUT2D eigenvalue weighted by Gasteiger charge is 2.17. The second-order valence-electron chi connectivity index (χ2n) is 5.43. The summed E-state index contributed by atoms with van der Waals surface area (Å²) >= 11 is 1.39. The Morgan fingerprint density at radius 1 is 1.13 bits per heavy atom. The van der Waals surface area contributed by atoms with Gasteiger partial charge < -0.3 is 10.2 Å². The first-order valence-corrected chi connectivity index (χ1v) is 8.75. The molecular formula is C16H23N5OS. The first-order chi connectivity index (χ1) is 11.0. The maximum atomic E-state index is 12.5. The largest absolute Gasteiger partial charge is 0.337 e. The molecule has 0 fully saturated rings. The Morgan fingerprint density at radius 3 is 2.30 bits per heavy atom. The van der Waals surface area contributed by atoms with Gasteiger partial charge in [0, 0.05) is 29.9 Å². The Kier molecular flexibility index (Phi) is 6.04. The van der Waals surface area contributed by atoms with Crippen molar-refractivity contribution in [3.63, 3.8) is 0 Å². The summed E-state index contributed by atoms with van der Waals surface area (Å²) in [5, 5.41) is 5.49. The van der Waals surface area contributed by atoms with E-state index in [4.69, 9.17) is 0 Å². The van der Waals surface area contributed by atoms with Crippen LogP contribution in [-0.2, 0) is 0 Å². The van der Waals surface area contributed by atoms with Gasteiger partial charge in [-0.25, -0.2) is 15.0 Å². The van der Waals surface area contributed by atoms with Crippen molar-refractivity contribution in [3.8, 4) is 0 Å². The number of aryl methyl sites for hydroxylation is 2. The van der Waals surface area contributed by atoms with Crippen LogP contribution in [0.25, 0.3) is 0 Å². The summed E-state index contributed by atoms with van der Waals surface area (Å²) in [6, 6.07) is 1.91. The SMILES string of the molecule is CCCN(CCC)C(=O)c1csc(Nc2nc(C)cc(C)n2)n1. The fourth-order valence-electron chi connectivity index (χ4n) is 2.32. The fourth-order valence-corrected chi connectivity index (χ4v) is 3.00. The smallest absolute Gasteiger partial charge is 0.273 e. The normalized spacial score (nSPS) is 10.6. The third-order valence-electron chi connectivity index (χ3n) is 3.20. The number of nitrogens with zero attached hydrogens (tertiary/aromatic N) is 4. The number of nitrogens with one attached hydrogen (secondary N) is 1. The average Bonchev–Trinajstić information content (AvgIpc) is 2.93. The molecule has 1 amide bonds. The topological polar surface area (TPSA) is 71.0 Å². The minimum atomic E-state index is -0.0145. The van der Waals surface area contributed by atoms with Crippen molar-refractivity contribution in [1.29, 1.82) is 0 Å². The lowest BCUT2D eigenvalue weighted by atomic mass is 10.3. The number of hydrogen-bond acceptors (Lipinski definition) is 6. The molecule has 0 aliphatic rings. The predicted octanol–water partition coefficient (Wildman–Crippen LogP) is 3.56. The highest BCUT2D eigenvalue weighted by Crippen LogP contribution is 2.20. The molecule has 7 heteroatoms. The average molecular weight is 333 g/mol. The van der Waals surface area contributed by atoms with Gasteiger partial charge in [-0.2, -0.15) is 0 Å². The minimum Gasteiger partial charge on any atom is -0.337 e. The summed E-state index contributed by atoms with van der Waals surface area (Å²) in [7, 11) is 0. The molecule has 0 aromatic carbocycles. The molecule has 124 valence electrons. The van der Waals surface area contributed by atoms with Gasteiger partial charge in [0.05, 0.1) is 0 Å². The molecule has 0 saturated carbocycles. The lowest BCUT2D eigenvalue weighted by Crippen LogP contribution is -2.32. The molecule has 0 saturated heterocycles. The third-order valence-corrected chi connectivity index (χ3v) is 3.96. The van der Waals surface area contributed by atoms with E-state index in [1.165, 1.54) is 11.3 Å². The van der Waals surface area contributed by atoms with E-state index in [-0.39, 0.29) is 5.91 Å². The van der Waals surface area contributed by atoms with Gasteiger partial charge in [0.2, 0.25) is 5.95 Å². The summed E-state index contributed by atoms with van der Waals surface area (Å²) in [6.07, 6.45) is 1.88. The minimum absolute atomic E-state index is 0.0145. The van der Waals surface area contributed by atoms with Gasteiger partial charge in [0.15, 0.2) is 5.13 Å². The Bertz CT molecular complexity index is 644. The van der Waals surface area contributed by atoms with Crippen LogP contribution in [-0.4, -0.2) is 38.8 Å². The molecule has 6 nitrogen and oxygen atoms in total. The summed E-state index contributed by atoms with van der Waals surface area (Å²) < 4.78 is 0. The fraction of sp³-hybridized carbons (Fsp3) is 0.500. The van der Waals surface area contributed by atoms with E-state index in [0.29, 0.717) is 16.8 Å². The Labute approximate surface area is 141 Å². The first kappa shape index (κ1) is 17.3. The number of aromatic nitrogens is 3. The Morgan fingerprint density at radius 2 is 1.74 bits per heavy atom. The molecule has 0 radical (unpaired) electrons. The standard InChI is InChI=1S/C16H23N5OS/c1-5-7-21(8-6-2)14(22)13-10-23-16(19-13)20-15-17-11(3)9-12(4)18-15/h9-10H,5-8H2,1-4H3,(H,17,18,19,20). The van der Waals surface area contributed by atoms with Crippen LogP contribution in [0.15, 0.2) is 11.4 Å². The maximum Gasteiger partial charge on any atom is 0.273 e. The van der Waals surface area contributed by atoms with Crippen molar-refractivity contribution in [2.24, 2.45) is 0 Å². The summed E-state index contributed by atoms with van der Waals surface area (Å²) in [5.41, 5.74) is 2.26. The second-order valence-corrected chi connectivity index (χ2v) is 6.29. The molecule has 23 heavy (non-hydrogen) atoms. The highest BCUT2D eigenvalue weighted by molar-refractivity contribution is 7.14. The zero-order chi connectivity index (χ0) is 16.8. The molecule has 0 aliphatic carbocycles. The van der Waals surface area contributed by atoms with Gasteiger partial charge in [-0.05, 0) is 32.8 Å². The molecule has 0 spiro atoms. The molecule has 2 heterocycles. The molecule has 2 rings (SSSR count). The molecule has 0 aliphatic heterocycles. The monoisotopic (exact) mass is 333 g/mol. The van der Waals surface area contributed by atoms with Gasteiger partial charge in [0.25, 0.3) is 5.91 Å². The van der Waals surface area contributed by atoms with Crippen molar-refractivity contribution in [2.75, 3.05) is 18.4 Å². The number of thiazole rings is 1. The second kappa shape index (κ2) is 8.01. The maximum absolute atomic E-state index is 12.5. The van der Waals surface area contributed by atoms with E-state index in [1.54, 1.807) is 5.38 Å². The molecule has 0 atom stereocenters. The van der Waals surface area contributed by atoms with Crippen LogP contribution in [0, 0.1) is 13.8 Å². The third kappa shape index (κ3) is 4.72. The van der Waals surface area contributed by atoms with Gasteiger partial charge in [-0.3, -0.25) is 4.79 Å². The zero-order valence-electron chi connectivity index (χ0n) is 14.1. The van der Waals surface area contributed by atoms with Crippen LogP contribution in [0.1, 0.15) is 48.6 Å². The van der Waals surface area contributed by atoms with E-state index in [1.807, 2.05) is 24.8 Å². The van der Waals surface area contributed by atoms with Crippen molar-refractivity contribution in [2.45, 2.75) is 40.5 Å². The quantitative estimate of drug-likeness (QED) is 0.839. The van der Waals surface area contributed by atoms with Gasteiger partial charge in [0.1, 0.15) is 5.69 Å². The van der Waals surface area contributed by atoms with Crippen LogP contribution in [0.3, 0.4) is 0 Å². The predicted molar refractivity (Wildman–Crippen MR) is 93.4 cm³/mol. The number of hydrogen-bond donors (Lipinski definition) is 1. The van der Waals surface area contributed by atoms with Crippen molar-refractivity contribution < 1.29 is 4.79 Å². The summed E-state index contributed by atoms with van der Waals surface area (Å²) in [4.78, 5) is 27.4. The number of carbonyl (C=O) groups excluding carboxylic acids is 1. The lowest BCUT2D eigenvalue weighted by molar-refractivity contribution is 0.0750. The molecule has 0 unspecified atom stereocenters. The van der Waals surface area contributed by atoms with Crippen LogP contribution >= 0.6 is 11.3 Å². The number of amides is 1. The van der Waals surface area contributed by atoms with E-state index in [2.05, 4.69) is 34.1 Å². The summed E-state index contributed by atoms with van der Waals surface area (Å²) in [5.74, 6) is 0.495. The number of rotatable bonds is 7. The molecule has 0 bridgehead atoms. The van der Waals surface area contributed by atoms with Crippen LogP contribution in [0.5, 0.6) is 0 Å². The van der Waals surface area contributed by atoms with Crippen LogP contribution in [0.2, 0.25) is 0 Å². The Balaban J connectivity index is 2.11. The van der Waals surface area contributed by atoms with Crippen LogP contribution < -0.4 is 5.32 Å². The molecular weight excluding hydrogens is 310 g/mol. The van der Waals surface area contributed by atoms with Crippen molar-refractivity contribution >= 4 is 28.3 Å². The van der Waals surface area contributed by atoms with E-state index in [0.717, 1.165) is 37.3 Å². The van der Waals surface area contributed by atoms with Crippen molar-refractivity contribution in [3.05, 3.63) is 28.5 Å². The van der Waals surface area contributed by atoms with Gasteiger partial charge in [-0.15, -0.1) is 11.3 Å². The zero-order valence-corrected chi connectivity index (χ0v) is 14.9.